The van der Waals surface area contributed by atoms with Gasteiger partial charge in [0.1, 0.15) is 0 Å². The van der Waals surface area contributed by atoms with E-state index in [1.807, 2.05) is 11.9 Å². The molecule has 1 amide bonds. The van der Waals surface area contributed by atoms with Gasteiger partial charge in [0.25, 0.3) is 0 Å². The predicted octanol–water partition coefficient (Wildman–Crippen LogP) is 2.03. The molecule has 0 aliphatic heterocycles. The molecule has 1 fully saturated rings. The molecule has 0 aromatic rings. The summed E-state index contributed by atoms with van der Waals surface area (Å²) in [5, 5.41) is 0.779. The van der Waals surface area contributed by atoms with Gasteiger partial charge in [0, 0.05) is 25.3 Å². The lowest BCUT2D eigenvalue weighted by molar-refractivity contribution is -0.130. The van der Waals surface area contributed by atoms with Crippen LogP contribution in [-0.2, 0) is 4.79 Å². The summed E-state index contributed by atoms with van der Waals surface area (Å²) in [4.78, 5) is 13.2. The van der Waals surface area contributed by atoms with Crippen LogP contribution in [-0.4, -0.2) is 29.7 Å². The van der Waals surface area contributed by atoms with Crippen molar-refractivity contribution >= 4 is 21.8 Å². The van der Waals surface area contributed by atoms with E-state index in [1.165, 1.54) is 19.3 Å². The molecular weight excluding hydrogens is 218 g/mol. The van der Waals surface area contributed by atoms with Crippen molar-refractivity contribution in [2.75, 3.05) is 18.9 Å². The van der Waals surface area contributed by atoms with Crippen LogP contribution in [0.25, 0.3) is 0 Å². The SMILES string of the molecule is CN(CC1CCC1)C(=O)CCBr. The molecule has 1 aliphatic carbocycles. The highest BCUT2D eigenvalue weighted by Crippen LogP contribution is 2.26. The molecule has 0 N–H and O–H groups in total. The molecule has 0 atom stereocenters. The minimum Gasteiger partial charge on any atom is -0.345 e. The van der Waals surface area contributed by atoms with Crippen molar-refractivity contribution in [3.8, 4) is 0 Å². The number of amides is 1. The van der Waals surface area contributed by atoms with Gasteiger partial charge in [-0.15, -0.1) is 0 Å². The van der Waals surface area contributed by atoms with Crippen LogP contribution in [0.2, 0.25) is 0 Å². The van der Waals surface area contributed by atoms with Crippen LogP contribution in [0.1, 0.15) is 25.7 Å². The van der Waals surface area contributed by atoms with Crippen LogP contribution in [0, 0.1) is 5.92 Å². The summed E-state index contributed by atoms with van der Waals surface area (Å²) in [7, 11) is 1.91. The third-order valence-corrected chi connectivity index (χ3v) is 2.89. The zero-order chi connectivity index (χ0) is 8.97. The molecule has 1 aliphatic rings. The molecule has 2 nitrogen and oxygen atoms in total. The number of carbonyl (C=O) groups is 1. The molecule has 3 heteroatoms. The minimum absolute atomic E-state index is 0.263. The predicted molar refractivity (Wildman–Crippen MR) is 53.4 cm³/mol. The third kappa shape index (κ3) is 2.77. The van der Waals surface area contributed by atoms with E-state index >= 15 is 0 Å². The van der Waals surface area contributed by atoms with Gasteiger partial charge < -0.3 is 4.90 Å². The zero-order valence-electron chi connectivity index (χ0n) is 7.55. The Labute approximate surface area is 82.4 Å². The number of hydrogen-bond acceptors (Lipinski definition) is 1. The molecule has 0 spiro atoms. The van der Waals surface area contributed by atoms with Gasteiger partial charge in [-0.05, 0) is 18.8 Å². The van der Waals surface area contributed by atoms with Crippen LogP contribution in [0.5, 0.6) is 0 Å². The van der Waals surface area contributed by atoms with Gasteiger partial charge in [0.15, 0.2) is 0 Å². The normalized spacial score (nSPS) is 17.2. The van der Waals surface area contributed by atoms with E-state index < -0.39 is 0 Å². The van der Waals surface area contributed by atoms with Crippen molar-refractivity contribution in [2.45, 2.75) is 25.7 Å². The van der Waals surface area contributed by atoms with Crippen LogP contribution in [0.3, 0.4) is 0 Å². The van der Waals surface area contributed by atoms with Gasteiger partial charge >= 0.3 is 0 Å². The number of hydrogen-bond donors (Lipinski definition) is 0. The van der Waals surface area contributed by atoms with E-state index in [4.69, 9.17) is 0 Å². The Bertz CT molecular complexity index is 157. The highest BCUT2D eigenvalue weighted by atomic mass is 79.9. The first-order valence-corrected chi connectivity index (χ1v) is 5.66. The standard InChI is InChI=1S/C9H16BrNO/c1-11(9(12)5-6-10)7-8-3-2-4-8/h8H,2-7H2,1H3. The highest BCUT2D eigenvalue weighted by molar-refractivity contribution is 9.09. The Morgan fingerprint density at radius 2 is 2.25 bits per heavy atom. The minimum atomic E-state index is 0.263. The molecule has 0 heterocycles. The zero-order valence-corrected chi connectivity index (χ0v) is 9.14. The largest absolute Gasteiger partial charge is 0.345 e. The van der Waals surface area contributed by atoms with Crippen LogP contribution < -0.4 is 0 Å². The lowest BCUT2D eigenvalue weighted by Gasteiger charge is -2.30. The van der Waals surface area contributed by atoms with Gasteiger partial charge in [-0.3, -0.25) is 4.79 Å². The molecule has 0 unspecified atom stereocenters. The second-order valence-corrected chi connectivity index (χ2v) is 4.30. The molecule has 70 valence electrons. The van der Waals surface area contributed by atoms with E-state index in [0.717, 1.165) is 17.8 Å². The van der Waals surface area contributed by atoms with Crippen molar-refractivity contribution in [3.63, 3.8) is 0 Å². The highest BCUT2D eigenvalue weighted by Gasteiger charge is 2.20. The lowest BCUT2D eigenvalue weighted by atomic mass is 9.85. The van der Waals surface area contributed by atoms with Crippen LogP contribution in [0.15, 0.2) is 0 Å². The smallest absolute Gasteiger partial charge is 0.223 e. The molecule has 0 saturated heterocycles. The summed E-state index contributed by atoms with van der Waals surface area (Å²) in [5.41, 5.74) is 0. The van der Waals surface area contributed by atoms with Gasteiger partial charge in [-0.2, -0.15) is 0 Å². The fourth-order valence-electron chi connectivity index (χ4n) is 1.44. The molecule has 0 aromatic carbocycles. The van der Waals surface area contributed by atoms with Gasteiger partial charge in [-0.25, -0.2) is 0 Å². The number of halogens is 1. The summed E-state index contributed by atoms with van der Waals surface area (Å²) in [6.45, 7) is 0.964. The average Bonchev–Trinajstić information content (AvgIpc) is 1.97. The number of carbonyl (C=O) groups excluding carboxylic acids is 1. The first-order valence-electron chi connectivity index (χ1n) is 4.54. The van der Waals surface area contributed by atoms with Gasteiger partial charge in [0.2, 0.25) is 5.91 Å². The molecule has 1 saturated carbocycles. The van der Waals surface area contributed by atoms with Gasteiger partial charge in [-0.1, -0.05) is 22.4 Å². The van der Waals surface area contributed by atoms with E-state index in [2.05, 4.69) is 15.9 Å². The molecule has 12 heavy (non-hydrogen) atoms. The Morgan fingerprint density at radius 1 is 1.58 bits per heavy atom. The Hall–Kier alpha value is -0.0500. The maximum Gasteiger partial charge on any atom is 0.223 e. The van der Waals surface area contributed by atoms with E-state index in [0.29, 0.717) is 6.42 Å². The first-order chi connectivity index (χ1) is 5.74. The van der Waals surface area contributed by atoms with Crippen LogP contribution >= 0.6 is 15.9 Å². The molecule has 0 aromatic heterocycles. The quantitative estimate of drug-likeness (QED) is 0.681. The maximum absolute atomic E-state index is 11.3. The second kappa shape index (κ2) is 4.85. The topological polar surface area (TPSA) is 20.3 Å². The van der Waals surface area contributed by atoms with Crippen molar-refractivity contribution in [3.05, 3.63) is 0 Å². The lowest BCUT2D eigenvalue weighted by Crippen LogP contribution is -2.34. The van der Waals surface area contributed by atoms with E-state index in [-0.39, 0.29) is 5.91 Å². The fourth-order valence-corrected chi connectivity index (χ4v) is 1.78. The summed E-state index contributed by atoms with van der Waals surface area (Å²) < 4.78 is 0. The molecular formula is C9H16BrNO. The van der Waals surface area contributed by atoms with Crippen molar-refractivity contribution < 1.29 is 4.79 Å². The Balaban J connectivity index is 2.16. The third-order valence-electron chi connectivity index (χ3n) is 2.49. The number of alkyl halides is 1. The Morgan fingerprint density at radius 3 is 2.67 bits per heavy atom. The van der Waals surface area contributed by atoms with Crippen LogP contribution in [0.4, 0.5) is 0 Å². The first kappa shape index (κ1) is 10.0. The number of rotatable bonds is 4. The monoisotopic (exact) mass is 233 g/mol. The fraction of sp³-hybridized carbons (Fsp3) is 0.889. The van der Waals surface area contributed by atoms with E-state index in [1.54, 1.807) is 0 Å². The number of nitrogens with zero attached hydrogens (tertiary/aromatic N) is 1. The molecule has 1 rings (SSSR count). The van der Waals surface area contributed by atoms with Gasteiger partial charge in [0.05, 0.1) is 0 Å². The van der Waals surface area contributed by atoms with Crippen molar-refractivity contribution in [2.24, 2.45) is 5.92 Å². The summed E-state index contributed by atoms with van der Waals surface area (Å²) >= 11 is 3.27. The summed E-state index contributed by atoms with van der Waals surface area (Å²) in [6, 6.07) is 0. The summed E-state index contributed by atoms with van der Waals surface area (Å²) in [6.07, 6.45) is 4.60. The maximum atomic E-state index is 11.3. The second-order valence-electron chi connectivity index (χ2n) is 3.51. The summed E-state index contributed by atoms with van der Waals surface area (Å²) in [5.74, 6) is 1.05. The Kier molecular flexibility index (Phi) is 4.06. The average molecular weight is 234 g/mol. The molecule has 0 bridgehead atoms. The molecule has 0 radical (unpaired) electrons. The van der Waals surface area contributed by atoms with Crippen molar-refractivity contribution in [1.82, 2.24) is 4.90 Å². The van der Waals surface area contributed by atoms with Crippen molar-refractivity contribution in [1.29, 1.82) is 0 Å². The van der Waals surface area contributed by atoms with E-state index in [9.17, 15) is 4.79 Å².